The fourth-order valence-corrected chi connectivity index (χ4v) is 3.18. The number of nitrogens with two attached hydrogens (primary N) is 1. The zero-order valence-corrected chi connectivity index (χ0v) is 19.7. The molecule has 13 nitrogen and oxygen atoms in total. The second kappa shape index (κ2) is 15.0. The summed E-state index contributed by atoms with van der Waals surface area (Å²) in [5, 5.41) is 18.1. The van der Waals surface area contributed by atoms with E-state index >= 15 is 0 Å². The van der Waals surface area contributed by atoms with Crippen molar-refractivity contribution in [1.29, 1.82) is 0 Å². The highest BCUT2D eigenvalue weighted by atomic mass is 16.5. The second-order valence-corrected chi connectivity index (χ2v) is 7.51. The normalized spacial score (nSPS) is 13.5. The Hall–Kier alpha value is -3.10. The van der Waals surface area contributed by atoms with Gasteiger partial charge in [-0.05, 0) is 18.2 Å². The average molecular weight is 491 g/mol. The molecule has 1 amide bonds. The maximum atomic E-state index is 12.5. The van der Waals surface area contributed by atoms with Gasteiger partial charge < -0.3 is 45.9 Å². The zero-order valence-electron chi connectivity index (χ0n) is 19.7. The van der Waals surface area contributed by atoms with Crippen molar-refractivity contribution in [2.75, 3.05) is 94.5 Å². The van der Waals surface area contributed by atoms with Crippen LogP contribution in [0.2, 0.25) is 0 Å². The van der Waals surface area contributed by atoms with Crippen LogP contribution < -0.4 is 26.6 Å². The summed E-state index contributed by atoms with van der Waals surface area (Å²) in [5.74, 6) is 0.963. The number of morpholine rings is 1. The first-order valence-electron chi connectivity index (χ1n) is 11.6. The molecule has 13 heteroatoms. The molecule has 1 aliphatic rings. The summed E-state index contributed by atoms with van der Waals surface area (Å²) in [7, 11) is 0. The van der Waals surface area contributed by atoms with Crippen LogP contribution in [-0.2, 0) is 14.2 Å². The molecule has 1 fully saturated rings. The van der Waals surface area contributed by atoms with Crippen molar-refractivity contribution in [3.63, 3.8) is 0 Å². The Labute approximate surface area is 204 Å². The van der Waals surface area contributed by atoms with E-state index in [9.17, 15) is 4.79 Å². The number of anilines is 4. The third-order valence-electron chi connectivity index (χ3n) is 4.86. The summed E-state index contributed by atoms with van der Waals surface area (Å²) < 4.78 is 16.1. The van der Waals surface area contributed by atoms with Gasteiger partial charge in [-0.2, -0.15) is 15.0 Å². The highest BCUT2D eigenvalue weighted by Crippen LogP contribution is 2.19. The van der Waals surface area contributed by atoms with Crippen molar-refractivity contribution < 1.29 is 24.1 Å². The first kappa shape index (κ1) is 26.5. The number of ether oxygens (including phenoxy) is 3. The van der Waals surface area contributed by atoms with Crippen molar-refractivity contribution in [3.05, 3.63) is 29.8 Å². The number of aromatic nitrogens is 3. The number of carbonyl (C=O) groups is 1. The Kier molecular flexibility index (Phi) is 11.4. The van der Waals surface area contributed by atoms with Gasteiger partial charge in [0, 0.05) is 44.0 Å². The molecule has 0 atom stereocenters. The van der Waals surface area contributed by atoms with E-state index in [-0.39, 0.29) is 12.5 Å². The molecule has 35 heavy (non-hydrogen) atoms. The van der Waals surface area contributed by atoms with Crippen LogP contribution in [-0.4, -0.2) is 105 Å². The first-order chi connectivity index (χ1) is 17.2. The largest absolute Gasteiger partial charge is 0.395 e. The van der Waals surface area contributed by atoms with Crippen LogP contribution in [0, 0.1) is 0 Å². The summed E-state index contributed by atoms with van der Waals surface area (Å²) in [6, 6.07) is 7.04. The van der Waals surface area contributed by atoms with Crippen molar-refractivity contribution in [2.45, 2.75) is 0 Å². The smallest absolute Gasteiger partial charge is 0.251 e. The van der Waals surface area contributed by atoms with Gasteiger partial charge in [0.1, 0.15) is 0 Å². The molecule has 0 radical (unpaired) electrons. The molecule has 1 saturated heterocycles. The van der Waals surface area contributed by atoms with Crippen LogP contribution in [0.1, 0.15) is 10.4 Å². The molecule has 3 rings (SSSR count). The summed E-state index contributed by atoms with van der Waals surface area (Å²) >= 11 is 0. The van der Waals surface area contributed by atoms with Gasteiger partial charge in [0.2, 0.25) is 17.8 Å². The van der Waals surface area contributed by atoms with E-state index in [0.29, 0.717) is 101 Å². The molecule has 2 aromatic rings. The standard InChI is InChI=1S/C22H34N8O5/c23-4-10-33-14-15-34-11-6-24-19(32)17-2-1-3-18(16-17)26-21-27-20(25-5-9-31)28-22(29-21)30-7-12-35-13-8-30/h1-3,16,31H,4-15,23H2,(H,24,32)(H2,25,26,27,28,29). The van der Waals surface area contributed by atoms with E-state index in [2.05, 4.69) is 30.9 Å². The van der Waals surface area contributed by atoms with E-state index in [0.717, 1.165) is 0 Å². The minimum atomic E-state index is -0.216. The Morgan fingerprint density at radius 3 is 2.60 bits per heavy atom. The Balaban J connectivity index is 1.58. The van der Waals surface area contributed by atoms with Gasteiger partial charge in [0.05, 0.1) is 46.2 Å². The zero-order chi connectivity index (χ0) is 24.7. The molecule has 0 unspecified atom stereocenters. The molecular formula is C22H34N8O5. The summed E-state index contributed by atoms with van der Waals surface area (Å²) in [5.41, 5.74) is 6.49. The maximum absolute atomic E-state index is 12.5. The number of hydrogen-bond donors (Lipinski definition) is 5. The summed E-state index contributed by atoms with van der Waals surface area (Å²) in [6.07, 6.45) is 0. The Bertz CT molecular complexity index is 913. The second-order valence-electron chi connectivity index (χ2n) is 7.51. The maximum Gasteiger partial charge on any atom is 0.251 e. The third kappa shape index (κ3) is 9.22. The fraction of sp³-hybridized carbons (Fsp3) is 0.545. The van der Waals surface area contributed by atoms with Crippen molar-refractivity contribution in [1.82, 2.24) is 20.3 Å². The molecule has 1 aliphatic heterocycles. The molecule has 2 heterocycles. The highest BCUT2D eigenvalue weighted by Gasteiger charge is 2.17. The number of nitrogens with one attached hydrogen (secondary N) is 3. The average Bonchev–Trinajstić information content (AvgIpc) is 2.89. The minimum Gasteiger partial charge on any atom is -0.395 e. The summed E-state index contributed by atoms with van der Waals surface area (Å²) in [6.45, 7) is 5.46. The van der Waals surface area contributed by atoms with Crippen LogP contribution >= 0.6 is 0 Å². The van der Waals surface area contributed by atoms with Crippen molar-refractivity contribution in [3.8, 4) is 0 Å². The van der Waals surface area contributed by atoms with Gasteiger partial charge in [-0.1, -0.05) is 6.07 Å². The number of hydrogen-bond acceptors (Lipinski definition) is 12. The van der Waals surface area contributed by atoms with Crippen LogP contribution in [0.4, 0.5) is 23.5 Å². The SMILES string of the molecule is NCCOCCOCCNC(=O)c1cccc(Nc2nc(NCCO)nc(N3CCOCC3)n2)c1. The number of carbonyl (C=O) groups excluding carboxylic acids is 1. The van der Waals surface area contributed by atoms with Gasteiger partial charge in [0.25, 0.3) is 5.91 Å². The number of rotatable bonds is 15. The molecule has 0 aliphatic carbocycles. The molecule has 0 saturated carbocycles. The van der Waals surface area contributed by atoms with Crippen LogP contribution in [0.5, 0.6) is 0 Å². The molecular weight excluding hydrogens is 456 g/mol. The predicted molar refractivity (Wildman–Crippen MR) is 131 cm³/mol. The van der Waals surface area contributed by atoms with Crippen LogP contribution in [0.15, 0.2) is 24.3 Å². The van der Waals surface area contributed by atoms with Crippen LogP contribution in [0.3, 0.4) is 0 Å². The van der Waals surface area contributed by atoms with Gasteiger partial charge >= 0.3 is 0 Å². The lowest BCUT2D eigenvalue weighted by Crippen LogP contribution is -2.37. The fourth-order valence-electron chi connectivity index (χ4n) is 3.18. The molecule has 1 aromatic carbocycles. The van der Waals surface area contributed by atoms with Crippen molar-refractivity contribution >= 4 is 29.4 Å². The molecule has 1 aromatic heterocycles. The van der Waals surface area contributed by atoms with E-state index in [1.54, 1.807) is 18.2 Å². The predicted octanol–water partition coefficient (Wildman–Crippen LogP) is -0.422. The van der Waals surface area contributed by atoms with E-state index in [1.807, 2.05) is 11.0 Å². The summed E-state index contributed by atoms with van der Waals surface area (Å²) in [4.78, 5) is 27.9. The lowest BCUT2D eigenvalue weighted by molar-refractivity contribution is 0.0511. The van der Waals surface area contributed by atoms with Gasteiger partial charge in [-0.15, -0.1) is 0 Å². The number of aliphatic hydroxyl groups is 1. The quantitative estimate of drug-likeness (QED) is 0.205. The molecule has 6 N–H and O–H groups in total. The van der Waals surface area contributed by atoms with Crippen LogP contribution in [0.25, 0.3) is 0 Å². The number of amides is 1. The topological polar surface area (TPSA) is 169 Å². The third-order valence-corrected chi connectivity index (χ3v) is 4.86. The number of aliphatic hydroxyl groups excluding tert-OH is 1. The van der Waals surface area contributed by atoms with Gasteiger partial charge in [0.15, 0.2) is 0 Å². The molecule has 0 bridgehead atoms. The minimum absolute atomic E-state index is 0.0500. The molecule has 0 spiro atoms. The number of nitrogens with zero attached hydrogens (tertiary/aromatic N) is 4. The number of benzene rings is 1. The monoisotopic (exact) mass is 490 g/mol. The van der Waals surface area contributed by atoms with Gasteiger partial charge in [-0.3, -0.25) is 4.79 Å². The first-order valence-corrected chi connectivity index (χ1v) is 11.6. The van der Waals surface area contributed by atoms with E-state index in [4.69, 9.17) is 25.1 Å². The Morgan fingerprint density at radius 2 is 1.83 bits per heavy atom. The van der Waals surface area contributed by atoms with Crippen molar-refractivity contribution in [2.24, 2.45) is 5.73 Å². The lowest BCUT2D eigenvalue weighted by atomic mass is 10.2. The van der Waals surface area contributed by atoms with E-state index < -0.39 is 0 Å². The lowest BCUT2D eigenvalue weighted by Gasteiger charge is -2.27. The molecule has 192 valence electrons. The highest BCUT2D eigenvalue weighted by molar-refractivity contribution is 5.95. The van der Waals surface area contributed by atoms with Gasteiger partial charge in [-0.25, -0.2) is 0 Å². The Morgan fingerprint density at radius 1 is 1.06 bits per heavy atom. The van der Waals surface area contributed by atoms with E-state index in [1.165, 1.54) is 0 Å².